The van der Waals surface area contributed by atoms with Crippen LogP contribution in [0.25, 0.3) is 0 Å². The number of aryl methyl sites for hydroxylation is 1. The van der Waals surface area contributed by atoms with Crippen LogP contribution in [-0.4, -0.2) is 28.7 Å². The van der Waals surface area contributed by atoms with Crippen molar-refractivity contribution < 1.29 is 19.1 Å². The van der Waals surface area contributed by atoms with Gasteiger partial charge in [-0.15, -0.1) is 0 Å². The predicted molar refractivity (Wildman–Crippen MR) is 95.9 cm³/mol. The van der Waals surface area contributed by atoms with Gasteiger partial charge in [0.15, 0.2) is 11.9 Å². The molecule has 3 rings (SSSR count). The maximum atomic E-state index is 12.4. The van der Waals surface area contributed by atoms with Gasteiger partial charge < -0.3 is 15.0 Å². The SMILES string of the molecule is CC(=O)c1c[nH]c(C(=O)O[C@H](C)C(=O)N[C@@H]2CCCc3ccccc32)c1. The van der Waals surface area contributed by atoms with Crippen molar-refractivity contribution in [2.24, 2.45) is 0 Å². The molecule has 1 aromatic carbocycles. The molecule has 0 unspecified atom stereocenters. The standard InChI is InChI=1S/C20H22N2O4/c1-12(23)15-10-18(21-11-15)20(25)26-13(2)19(24)22-17-9-5-7-14-6-3-4-8-16(14)17/h3-4,6,8,10-11,13,17,21H,5,7,9H2,1-2H3,(H,22,24)/t13-,17-/m1/s1. The van der Waals surface area contributed by atoms with Crippen LogP contribution in [0.15, 0.2) is 36.5 Å². The smallest absolute Gasteiger partial charge is 0.355 e. The summed E-state index contributed by atoms with van der Waals surface area (Å²) in [6.07, 6.45) is 3.40. The lowest BCUT2D eigenvalue weighted by Crippen LogP contribution is -2.39. The van der Waals surface area contributed by atoms with Crippen molar-refractivity contribution in [3.8, 4) is 0 Å². The summed E-state index contributed by atoms with van der Waals surface area (Å²) in [7, 11) is 0. The Labute approximate surface area is 151 Å². The minimum absolute atomic E-state index is 0.0663. The summed E-state index contributed by atoms with van der Waals surface area (Å²) < 4.78 is 5.23. The molecule has 0 radical (unpaired) electrons. The first-order valence-corrected chi connectivity index (χ1v) is 8.74. The van der Waals surface area contributed by atoms with E-state index in [1.54, 1.807) is 0 Å². The van der Waals surface area contributed by atoms with E-state index in [2.05, 4.69) is 16.4 Å². The third-order valence-corrected chi connectivity index (χ3v) is 4.65. The maximum Gasteiger partial charge on any atom is 0.355 e. The van der Waals surface area contributed by atoms with E-state index in [1.807, 2.05) is 18.2 Å². The third kappa shape index (κ3) is 3.85. The van der Waals surface area contributed by atoms with Gasteiger partial charge in [-0.25, -0.2) is 4.79 Å². The Hall–Kier alpha value is -2.89. The Kier molecular flexibility index (Phi) is 5.21. The molecule has 0 saturated heterocycles. The van der Waals surface area contributed by atoms with E-state index in [0.29, 0.717) is 5.56 Å². The number of amides is 1. The zero-order valence-electron chi connectivity index (χ0n) is 14.9. The number of carbonyl (C=O) groups excluding carboxylic acids is 3. The number of aromatic nitrogens is 1. The lowest BCUT2D eigenvalue weighted by molar-refractivity contribution is -0.130. The van der Waals surface area contributed by atoms with Gasteiger partial charge in [0.25, 0.3) is 5.91 Å². The number of aromatic amines is 1. The molecule has 2 atom stereocenters. The van der Waals surface area contributed by atoms with Gasteiger partial charge in [0.1, 0.15) is 5.69 Å². The Morgan fingerprint density at radius 2 is 2.04 bits per heavy atom. The summed E-state index contributed by atoms with van der Waals surface area (Å²) >= 11 is 0. The lowest BCUT2D eigenvalue weighted by atomic mass is 9.87. The van der Waals surface area contributed by atoms with E-state index in [-0.39, 0.29) is 23.4 Å². The molecular weight excluding hydrogens is 332 g/mol. The van der Waals surface area contributed by atoms with E-state index in [9.17, 15) is 14.4 Å². The van der Waals surface area contributed by atoms with Gasteiger partial charge in [-0.2, -0.15) is 0 Å². The number of esters is 1. The number of hydrogen-bond acceptors (Lipinski definition) is 4. The molecule has 0 aliphatic heterocycles. The molecule has 2 aromatic rings. The van der Waals surface area contributed by atoms with E-state index in [0.717, 1.165) is 24.8 Å². The van der Waals surface area contributed by atoms with Gasteiger partial charge in [-0.05, 0) is 50.3 Å². The highest BCUT2D eigenvalue weighted by molar-refractivity contribution is 5.98. The van der Waals surface area contributed by atoms with Crippen LogP contribution < -0.4 is 5.32 Å². The fourth-order valence-corrected chi connectivity index (χ4v) is 3.19. The number of fused-ring (bicyclic) bond motifs is 1. The van der Waals surface area contributed by atoms with Crippen molar-refractivity contribution in [1.82, 2.24) is 10.3 Å². The van der Waals surface area contributed by atoms with Crippen molar-refractivity contribution in [3.63, 3.8) is 0 Å². The van der Waals surface area contributed by atoms with Crippen LogP contribution in [0.1, 0.15) is 64.7 Å². The Morgan fingerprint density at radius 3 is 2.77 bits per heavy atom. The number of ketones is 1. The van der Waals surface area contributed by atoms with Crippen LogP contribution in [0.4, 0.5) is 0 Å². The normalized spacial score (nSPS) is 17.1. The summed E-state index contributed by atoms with van der Waals surface area (Å²) in [5, 5.41) is 2.97. The summed E-state index contributed by atoms with van der Waals surface area (Å²) in [4.78, 5) is 38.6. The topological polar surface area (TPSA) is 88.3 Å². The quantitative estimate of drug-likeness (QED) is 0.638. The largest absolute Gasteiger partial charge is 0.448 e. The predicted octanol–water partition coefficient (Wildman–Crippen LogP) is 2.96. The van der Waals surface area contributed by atoms with Gasteiger partial charge in [0, 0.05) is 11.8 Å². The van der Waals surface area contributed by atoms with Gasteiger partial charge in [-0.1, -0.05) is 24.3 Å². The summed E-state index contributed by atoms with van der Waals surface area (Å²) in [6.45, 7) is 2.95. The molecule has 1 heterocycles. The zero-order valence-corrected chi connectivity index (χ0v) is 14.9. The van der Waals surface area contributed by atoms with Gasteiger partial charge >= 0.3 is 5.97 Å². The summed E-state index contributed by atoms with van der Waals surface area (Å²) in [5.41, 5.74) is 2.92. The van der Waals surface area contributed by atoms with E-state index >= 15 is 0 Å². The summed E-state index contributed by atoms with van der Waals surface area (Å²) in [5.74, 6) is -1.15. The van der Waals surface area contributed by atoms with Crippen molar-refractivity contribution in [3.05, 3.63) is 58.9 Å². The zero-order chi connectivity index (χ0) is 18.7. The van der Waals surface area contributed by atoms with Gasteiger partial charge in [0.2, 0.25) is 0 Å². The van der Waals surface area contributed by atoms with E-state index < -0.39 is 12.1 Å². The monoisotopic (exact) mass is 354 g/mol. The average molecular weight is 354 g/mol. The van der Waals surface area contributed by atoms with Gasteiger partial charge in [-0.3, -0.25) is 9.59 Å². The molecule has 1 aliphatic carbocycles. The first-order valence-electron chi connectivity index (χ1n) is 8.74. The third-order valence-electron chi connectivity index (χ3n) is 4.65. The molecule has 26 heavy (non-hydrogen) atoms. The van der Waals surface area contributed by atoms with Gasteiger partial charge in [0.05, 0.1) is 6.04 Å². The number of Topliss-reactive ketones (excluding diaryl/α,β-unsaturated/α-hetero) is 1. The first-order chi connectivity index (χ1) is 12.5. The molecule has 136 valence electrons. The van der Waals surface area contributed by atoms with Crippen molar-refractivity contribution in [2.45, 2.75) is 45.3 Å². The number of nitrogens with one attached hydrogen (secondary N) is 2. The van der Waals surface area contributed by atoms with Crippen molar-refractivity contribution >= 4 is 17.7 Å². The molecule has 0 saturated carbocycles. The van der Waals surface area contributed by atoms with Crippen LogP contribution in [-0.2, 0) is 16.0 Å². The van der Waals surface area contributed by atoms with Crippen LogP contribution in [0, 0.1) is 0 Å². The fraction of sp³-hybridized carbons (Fsp3) is 0.350. The first kappa shape index (κ1) is 17.9. The number of hydrogen-bond donors (Lipinski definition) is 2. The number of rotatable bonds is 5. The molecule has 2 N–H and O–H groups in total. The van der Waals surface area contributed by atoms with E-state index in [4.69, 9.17) is 4.74 Å². The molecule has 6 heteroatoms. The van der Waals surface area contributed by atoms with Crippen molar-refractivity contribution in [2.75, 3.05) is 0 Å². The highest BCUT2D eigenvalue weighted by Crippen LogP contribution is 2.29. The number of carbonyl (C=O) groups is 3. The molecule has 1 aromatic heterocycles. The minimum atomic E-state index is -0.930. The summed E-state index contributed by atoms with van der Waals surface area (Å²) in [6, 6.07) is 9.42. The van der Waals surface area contributed by atoms with E-state index in [1.165, 1.54) is 31.7 Å². The molecule has 1 aliphatic rings. The molecule has 0 bridgehead atoms. The van der Waals surface area contributed by atoms with Crippen LogP contribution >= 0.6 is 0 Å². The second kappa shape index (κ2) is 7.56. The Bertz CT molecular complexity index is 840. The Balaban J connectivity index is 1.61. The fourth-order valence-electron chi connectivity index (χ4n) is 3.19. The number of H-pyrrole nitrogens is 1. The molecule has 0 fully saturated rings. The number of benzene rings is 1. The molecular formula is C20H22N2O4. The second-order valence-electron chi connectivity index (χ2n) is 6.56. The molecule has 6 nitrogen and oxygen atoms in total. The molecule has 1 amide bonds. The second-order valence-corrected chi connectivity index (χ2v) is 6.56. The highest BCUT2D eigenvalue weighted by atomic mass is 16.5. The van der Waals surface area contributed by atoms with Crippen LogP contribution in [0.3, 0.4) is 0 Å². The van der Waals surface area contributed by atoms with Crippen molar-refractivity contribution in [1.29, 1.82) is 0 Å². The average Bonchev–Trinajstić information content (AvgIpc) is 3.12. The van der Waals surface area contributed by atoms with Crippen LogP contribution in [0.2, 0.25) is 0 Å². The Morgan fingerprint density at radius 1 is 1.27 bits per heavy atom. The number of ether oxygens (including phenoxy) is 1. The molecule has 0 spiro atoms. The lowest BCUT2D eigenvalue weighted by Gasteiger charge is -2.27. The minimum Gasteiger partial charge on any atom is -0.448 e. The van der Waals surface area contributed by atoms with Crippen LogP contribution in [0.5, 0.6) is 0 Å². The highest BCUT2D eigenvalue weighted by Gasteiger charge is 2.26. The maximum absolute atomic E-state index is 12.4.